The summed E-state index contributed by atoms with van der Waals surface area (Å²) < 4.78 is 0.397. The first kappa shape index (κ1) is 10.5. The van der Waals surface area contributed by atoms with Crippen LogP contribution >= 0.6 is 11.8 Å². The fourth-order valence-corrected chi connectivity index (χ4v) is 3.78. The van der Waals surface area contributed by atoms with E-state index in [1.807, 2.05) is 11.8 Å². The molecule has 2 atom stereocenters. The zero-order valence-electron chi connectivity index (χ0n) is 9.25. The fraction of sp³-hybridized carbons (Fsp3) is 0.909. The van der Waals surface area contributed by atoms with Gasteiger partial charge in [-0.1, -0.05) is 0 Å². The lowest BCUT2D eigenvalue weighted by Crippen LogP contribution is -2.61. The molecular weight excluding hydrogens is 194 g/mol. The summed E-state index contributed by atoms with van der Waals surface area (Å²) in [5.74, 6) is 1.68. The van der Waals surface area contributed by atoms with E-state index < -0.39 is 0 Å². The average molecular weight is 213 g/mol. The smallest absolute Gasteiger partial charge is 0.135 e. The van der Waals surface area contributed by atoms with E-state index in [1.54, 1.807) is 0 Å². The van der Waals surface area contributed by atoms with Gasteiger partial charge < -0.3 is 0 Å². The van der Waals surface area contributed by atoms with E-state index in [0.717, 1.165) is 19.4 Å². The van der Waals surface area contributed by atoms with E-state index in [2.05, 4.69) is 25.7 Å². The van der Waals surface area contributed by atoms with Gasteiger partial charge in [-0.15, -0.1) is 0 Å². The van der Waals surface area contributed by atoms with Crippen LogP contribution in [0.2, 0.25) is 0 Å². The Balaban J connectivity index is 2.01. The Morgan fingerprint density at radius 2 is 2.21 bits per heavy atom. The summed E-state index contributed by atoms with van der Waals surface area (Å²) in [4.78, 5) is 13.8. The molecule has 0 amide bonds. The quantitative estimate of drug-likeness (QED) is 0.664. The van der Waals surface area contributed by atoms with Crippen molar-refractivity contribution in [2.45, 2.75) is 50.4 Å². The number of rotatable bonds is 1. The van der Waals surface area contributed by atoms with Crippen LogP contribution in [0.1, 0.15) is 33.6 Å². The van der Waals surface area contributed by atoms with Crippen LogP contribution in [-0.4, -0.2) is 39.8 Å². The van der Waals surface area contributed by atoms with Crippen LogP contribution in [0.4, 0.5) is 0 Å². The van der Waals surface area contributed by atoms with Crippen molar-refractivity contribution in [3.63, 3.8) is 0 Å². The Morgan fingerprint density at radius 3 is 2.64 bits per heavy atom. The van der Waals surface area contributed by atoms with Gasteiger partial charge in [-0.2, -0.15) is 11.8 Å². The topological polar surface area (TPSA) is 20.3 Å². The number of thioether (sulfide) groups is 1. The second kappa shape index (κ2) is 3.53. The molecule has 0 saturated carbocycles. The van der Waals surface area contributed by atoms with E-state index in [4.69, 9.17) is 0 Å². The number of piperidine rings is 1. The minimum Gasteiger partial charge on any atom is -0.300 e. The minimum atomic E-state index is 0.397. The van der Waals surface area contributed by atoms with Gasteiger partial charge in [-0.3, -0.25) is 9.69 Å². The molecule has 0 spiro atoms. The molecule has 2 fully saturated rings. The Morgan fingerprint density at radius 1 is 1.50 bits per heavy atom. The van der Waals surface area contributed by atoms with E-state index in [1.165, 1.54) is 5.75 Å². The number of likely N-dealkylation sites (tertiary alicyclic amines) is 1. The highest BCUT2D eigenvalue weighted by molar-refractivity contribution is 8.02. The van der Waals surface area contributed by atoms with Crippen molar-refractivity contribution in [3.05, 3.63) is 0 Å². The summed E-state index contributed by atoms with van der Waals surface area (Å²) in [5.41, 5.74) is 0. The predicted octanol–water partition coefficient (Wildman–Crippen LogP) is 1.93. The Bertz CT molecular complexity index is 252. The molecule has 2 nitrogen and oxygen atoms in total. The molecule has 2 rings (SSSR count). The van der Waals surface area contributed by atoms with Gasteiger partial charge in [0.15, 0.2) is 0 Å². The summed E-state index contributed by atoms with van der Waals surface area (Å²) in [7, 11) is 0. The summed E-state index contributed by atoms with van der Waals surface area (Å²) in [5, 5.41) is 0. The molecule has 2 aliphatic rings. The highest BCUT2D eigenvalue weighted by atomic mass is 32.2. The number of hydrogen-bond donors (Lipinski definition) is 0. The molecule has 14 heavy (non-hydrogen) atoms. The first-order valence-corrected chi connectivity index (χ1v) is 6.40. The van der Waals surface area contributed by atoms with Gasteiger partial charge in [-0.05, 0) is 20.8 Å². The second-order valence-corrected chi connectivity index (χ2v) is 6.68. The molecule has 2 heterocycles. The van der Waals surface area contributed by atoms with Gasteiger partial charge in [0.25, 0.3) is 0 Å². The van der Waals surface area contributed by atoms with Gasteiger partial charge >= 0.3 is 0 Å². The molecular formula is C11H19NOS. The predicted molar refractivity (Wildman–Crippen MR) is 60.7 cm³/mol. The van der Waals surface area contributed by atoms with Crippen LogP contribution in [0.15, 0.2) is 0 Å². The molecule has 0 N–H and O–H groups in total. The fourth-order valence-electron chi connectivity index (χ4n) is 2.47. The number of ketones is 1. The first-order chi connectivity index (χ1) is 6.50. The van der Waals surface area contributed by atoms with E-state index in [-0.39, 0.29) is 0 Å². The Kier molecular flexibility index (Phi) is 2.64. The molecule has 2 saturated heterocycles. The summed E-state index contributed by atoms with van der Waals surface area (Å²) in [6, 6.07) is 1.15. The van der Waals surface area contributed by atoms with Crippen molar-refractivity contribution < 1.29 is 4.79 Å². The first-order valence-electron chi connectivity index (χ1n) is 5.42. The van der Waals surface area contributed by atoms with Gasteiger partial charge in [0, 0.05) is 42.0 Å². The number of Topliss-reactive ketones (excluding diaryl/α,β-unsaturated/α-hetero) is 1. The molecule has 0 aromatic heterocycles. The largest absolute Gasteiger partial charge is 0.300 e. The van der Waals surface area contributed by atoms with E-state index in [0.29, 0.717) is 22.6 Å². The summed E-state index contributed by atoms with van der Waals surface area (Å²) in [6.45, 7) is 7.80. The van der Waals surface area contributed by atoms with Crippen molar-refractivity contribution >= 4 is 17.5 Å². The molecule has 0 bridgehead atoms. The number of carbonyl (C=O) groups is 1. The van der Waals surface area contributed by atoms with Crippen LogP contribution in [-0.2, 0) is 4.79 Å². The highest BCUT2D eigenvalue weighted by Crippen LogP contribution is 2.44. The van der Waals surface area contributed by atoms with Gasteiger partial charge in [0.1, 0.15) is 5.78 Å². The number of hydrogen-bond acceptors (Lipinski definition) is 3. The van der Waals surface area contributed by atoms with Gasteiger partial charge in [0.2, 0.25) is 0 Å². The van der Waals surface area contributed by atoms with Crippen LogP contribution in [0, 0.1) is 0 Å². The van der Waals surface area contributed by atoms with Gasteiger partial charge in [0.05, 0.1) is 0 Å². The molecule has 0 radical (unpaired) electrons. The standard InChI is InChI=1S/C11H19NOS/c1-8-6-9(13)4-5-12(8)10-7-14-11(10,2)3/h8,10H,4-7H2,1-3H3. The average Bonchev–Trinajstić information content (AvgIpc) is 2.08. The van der Waals surface area contributed by atoms with Crippen LogP contribution < -0.4 is 0 Å². The molecule has 0 aromatic carbocycles. The molecule has 2 aliphatic heterocycles. The molecule has 0 aliphatic carbocycles. The lowest BCUT2D eigenvalue weighted by Gasteiger charge is -2.52. The zero-order chi connectivity index (χ0) is 10.3. The lowest BCUT2D eigenvalue weighted by molar-refractivity contribution is -0.123. The van der Waals surface area contributed by atoms with Crippen molar-refractivity contribution in [1.29, 1.82) is 0 Å². The molecule has 2 unspecified atom stereocenters. The highest BCUT2D eigenvalue weighted by Gasteiger charge is 2.45. The molecule has 80 valence electrons. The second-order valence-electron chi connectivity index (χ2n) is 5.01. The Hall–Kier alpha value is -0.0200. The van der Waals surface area contributed by atoms with Crippen LogP contribution in [0.3, 0.4) is 0 Å². The third-order valence-corrected chi connectivity index (χ3v) is 5.05. The van der Waals surface area contributed by atoms with Crippen molar-refractivity contribution in [2.24, 2.45) is 0 Å². The maximum Gasteiger partial charge on any atom is 0.135 e. The molecule has 0 aromatic rings. The monoisotopic (exact) mass is 213 g/mol. The van der Waals surface area contributed by atoms with Gasteiger partial charge in [-0.25, -0.2) is 0 Å². The lowest BCUT2D eigenvalue weighted by atomic mass is 9.94. The molecule has 3 heteroatoms. The van der Waals surface area contributed by atoms with E-state index >= 15 is 0 Å². The Labute approximate surface area is 90.4 Å². The summed E-state index contributed by atoms with van der Waals surface area (Å²) in [6.07, 6.45) is 1.53. The SMILES string of the molecule is CC1CC(=O)CCN1C1CSC1(C)C. The van der Waals surface area contributed by atoms with Crippen molar-refractivity contribution in [2.75, 3.05) is 12.3 Å². The third kappa shape index (κ3) is 1.72. The van der Waals surface area contributed by atoms with Crippen molar-refractivity contribution in [3.8, 4) is 0 Å². The third-order valence-electron chi connectivity index (χ3n) is 3.55. The maximum absolute atomic E-state index is 11.3. The van der Waals surface area contributed by atoms with Crippen LogP contribution in [0.5, 0.6) is 0 Å². The zero-order valence-corrected chi connectivity index (χ0v) is 10.1. The van der Waals surface area contributed by atoms with Crippen molar-refractivity contribution in [1.82, 2.24) is 4.90 Å². The maximum atomic E-state index is 11.3. The number of nitrogens with zero attached hydrogens (tertiary/aromatic N) is 1. The minimum absolute atomic E-state index is 0.397. The van der Waals surface area contributed by atoms with E-state index in [9.17, 15) is 4.79 Å². The van der Waals surface area contributed by atoms with Crippen LogP contribution in [0.25, 0.3) is 0 Å². The normalized spacial score (nSPS) is 38.1. The number of carbonyl (C=O) groups excluding carboxylic acids is 1. The summed E-state index contributed by atoms with van der Waals surface area (Å²) >= 11 is 2.04.